The number of methoxy groups -OCH3 is 1. The van der Waals surface area contributed by atoms with Gasteiger partial charge in [0, 0.05) is 13.2 Å². The van der Waals surface area contributed by atoms with Crippen molar-refractivity contribution in [2.75, 3.05) is 20.3 Å². The van der Waals surface area contributed by atoms with Crippen LogP contribution in [0.5, 0.6) is 5.75 Å². The van der Waals surface area contributed by atoms with Crippen molar-refractivity contribution in [1.82, 2.24) is 5.32 Å². The number of hydrogen-bond donors (Lipinski definition) is 1. The van der Waals surface area contributed by atoms with Crippen LogP contribution in [0.1, 0.15) is 43.4 Å². The number of hydrogen-bond acceptors (Lipinski definition) is 3. The molecule has 0 saturated carbocycles. The quantitative estimate of drug-likeness (QED) is 0.853. The van der Waals surface area contributed by atoms with Crippen molar-refractivity contribution in [3.63, 3.8) is 0 Å². The first kappa shape index (κ1) is 18.5. The highest BCUT2D eigenvalue weighted by atomic mass is 16.5. The zero-order valence-electron chi connectivity index (χ0n) is 15.5. The molecule has 1 aliphatic rings. The van der Waals surface area contributed by atoms with E-state index in [-0.39, 0.29) is 11.9 Å². The lowest BCUT2D eigenvalue weighted by atomic mass is 9.73. The Kier molecular flexibility index (Phi) is 5.94. The Labute approximate surface area is 155 Å². The van der Waals surface area contributed by atoms with Crippen LogP contribution in [0, 0.1) is 0 Å². The largest absolute Gasteiger partial charge is 0.497 e. The zero-order valence-corrected chi connectivity index (χ0v) is 15.5. The molecule has 1 fully saturated rings. The van der Waals surface area contributed by atoms with Gasteiger partial charge in [0.1, 0.15) is 5.75 Å². The lowest BCUT2D eigenvalue weighted by molar-refractivity contribution is -0.131. The molecule has 0 unspecified atom stereocenters. The molecule has 2 aromatic carbocycles. The summed E-state index contributed by atoms with van der Waals surface area (Å²) in [7, 11) is 1.66. The number of ether oxygens (including phenoxy) is 2. The maximum Gasteiger partial charge on any atom is 0.231 e. The molecule has 0 aromatic heterocycles. The van der Waals surface area contributed by atoms with E-state index in [2.05, 4.69) is 24.4 Å². The summed E-state index contributed by atoms with van der Waals surface area (Å²) in [5, 5.41) is 3.29. The van der Waals surface area contributed by atoms with E-state index < -0.39 is 5.41 Å². The highest BCUT2D eigenvalue weighted by molar-refractivity contribution is 5.88. The molecule has 1 saturated heterocycles. The number of nitrogens with one attached hydrogen (secondary N) is 1. The first-order chi connectivity index (χ1) is 12.7. The summed E-state index contributed by atoms with van der Waals surface area (Å²) < 4.78 is 10.8. The first-order valence-corrected chi connectivity index (χ1v) is 9.28. The van der Waals surface area contributed by atoms with Gasteiger partial charge in [-0.2, -0.15) is 0 Å². The minimum absolute atomic E-state index is 0.0168. The van der Waals surface area contributed by atoms with Crippen molar-refractivity contribution in [3.05, 3.63) is 65.7 Å². The summed E-state index contributed by atoms with van der Waals surface area (Å²) in [6.07, 6.45) is 2.25. The average molecular weight is 353 g/mol. The van der Waals surface area contributed by atoms with Crippen LogP contribution in [0.3, 0.4) is 0 Å². The molecule has 0 radical (unpaired) electrons. The van der Waals surface area contributed by atoms with E-state index in [1.165, 1.54) is 0 Å². The van der Waals surface area contributed by atoms with Crippen molar-refractivity contribution in [1.29, 1.82) is 0 Å². The van der Waals surface area contributed by atoms with Gasteiger partial charge in [-0.05, 0) is 42.5 Å². The van der Waals surface area contributed by atoms with Crippen molar-refractivity contribution in [2.45, 2.75) is 37.6 Å². The van der Waals surface area contributed by atoms with Gasteiger partial charge in [0.05, 0.1) is 18.6 Å². The van der Waals surface area contributed by atoms with Gasteiger partial charge in [-0.3, -0.25) is 4.79 Å². The van der Waals surface area contributed by atoms with Gasteiger partial charge in [0.15, 0.2) is 0 Å². The predicted octanol–water partition coefficient (Wildman–Crippen LogP) is 4.01. The van der Waals surface area contributed by atoms with E-state index in [0.29, 0.717) is 26.1 Å². The van der Waals surface area contributed by atoms with Crippen LogP contribution >= 0.6 is 0 Å². The Morgan fingerprint density at radius 3 is 2.35 bits per heavy atom. The third-order valence-corrected chi connectivity index (χ3v) is 5.34. The van der Waals surface area contributed by atoms with Gasteiger partial charge in [-0.25, -0.2) is 0 Å². The normalized spacial score (nSPS) is 17.3. The van der Waals surface area contributed by atoms with Crippen molar-refractivity contribution in [3.8, 4) is 5.75 Å². The van der Waals surface area contributed by atoms with Gasteiger partial charge in [0.25, 0.3) is 0 Å². The maximum atomic E-state index is 13.4. The van der Waals surface area contributed by atoms with Crippen LogP contribution in [0.25, 0.3) is 0 Å². The van der Waals surface area contributed by atoms with Gasteiger partial charge >= 0.3 is 0 Å². The van der Waals surface area contributed by atoms with Crippen LogP contribution < -0.4 is 10.1 Å². The second-order valence-corrected chi connectivity index (χ2v) is 6.77. The zero-order chi connectivity index (χ0) is 18.4. The molecule has 0 bridgehead atoms. The Bertz CT molecular complexity index is 706. The number of rotatable bonds is 6. The minimum Gasteiger partial charge on any atom is -0.497 e. The van der Waals surface area contributed by atoms with Gasteiger partial charge in [0.2, 0.25) is 5.91 Å². The summed E-state index contributed by atoms with van der Waals surface area (Å²) in [4.78, 5) is 13.4. The summed E-state index contributed by atoms with van der Waals surface area (Å²) in [6, 6.07) is 18.0. The molecule has 1 atom stereocenters. The summed E-state index contributed by atoms with van der Waals surface area (Å²) in [5.74, 6) is 0.912. The molecule has 0 spiro atoms. The number of carbonyl (C=O) groups is 1. The third kappa shape index (κ3) is 3.75. The first-order valence-electron chi connectivity index (χ1n) is 9.28. The Balaban J connectivity index is 1.84. The molecule has 26 heavy (non-hydrogen) atoms. The summed E-state index contributed by atoms with van der Waals surface area (Å²) in [6.45, 7) is 3.32. The summed E-state index contributed by atoms with van der Waals surface area (Å²) >= 11 is 0. The fourth-order valence-electron chi connectivity index (χ4n) is 3.68. The highest BCUT2D eigenvalue weighted by Crippen LogP contribution is 2.36. The number of amides is 1. The number of benzene rings is 2. The topological polar surface area (TPSA) is 47.6 Å². The van der Waals surface area contributed by atoms with Gasteiger partial charge < -0.3 is 14.8 Å². The number of carbonyl (C=O) groups excluding carboxylic acids is 1. The highest BCUT2D eigenvalue weighted by Gasteiger charge is 2.42. The second kappa shape index (κ2) is 8.37. The standard InChI is InChI=1S/C22H27NO3/c1-3-20(17-9-11-19(25-2)12-10-17)23-21(24)22(13-15-26-16-14-22)18-7-5-4-6-8-18/h4-12,20H,3,13-16H2,1-2H3,(H,23,24)/t20-/m1/s1. The molecule has 138 valence electrons. The fraction of sp³-hybridized carbons (Fsp3) is 0.409. The van der Waals surface area contributed by atoms with E-state index in [0.717, 1.165) is 23.3 Å². The van der Waals surface area contributed by atoms with E-state index in [1.54, 1.807) is 7.11 Å². The van der Waals surface area contributed by atoms with Crippen LogP contribution in [0.15, 0.2) is 54.6 Å². The second-order valence-electron chi connectivity index (χ2n) is 6.77. The van der Waals surface area contributed by atoms with E-state index in [1.807, 2.05) is 42.5 Å². The molecular formula is C22H27NO3. The SMILES string of the molecule is CC[C@@H](NC(=O)C1(c2ccccc2)CCOCC1)c1ccc(OC)cc1. The molecule has 1 heterocycles. The van der Waals surface area contributed by atoms with Crippen LogP contribution in [0.2, 0.25) is 0 Å². The molecular weight excluding hydrogens is 326 g/mol. The lowest BCUT2D eigenvalue weighted by Gasteiger charge is -2.37. The maximum absolute atomic E-state index is 13.4. The van der Waals surface area contributed by atoms with Crippen LogP contribution in [-0.4, -0.2) is 26.2 Å². The molecule has 4 heteroatoms. The van der Waals surface area contributed by atoms with Crippen molar-refractivity contribution in [2.24, 2.45) is 0 Å². The smallest absolute Gasteiger partial charge is 0.231 e. The minimum atomic E-state index is -0.514. The molecule has 1 N–H and O–H groups in total. The Hall–Kier alpha value is -2.33. The predicted molar refractivity (Wildman–Crippen MR) is 102 cm³/mol. The van der Waals surface area contributed by atoms with E-state index >= 15 is 0 Å². The molecule has 4 nitrogen and oxygen atoms in total. The molecule has 1 amide bonds. The summed E-state index contributed by atoms with van der Waals surface area (Å²) in [5.41, 5.74) is 1.65. The average Bonchev–Trinajstić information content (AvgIpc) is 2.73. The Morgan fingerprint density at radius 1 is 1.12 bits per heavy atom. The van der Waals surface area contributed by atoms with E-state index in [4.69, 9.17) is 9.47 Å². The third-order valence-electron chi connectivity index (χ3n) is 5.34. The molecule has 2 aromatic rings. The van der Waals surface area contributed by atoms with Crippen LogP contribution in [-0.2, 0) is 14.9 Å². The molecule has 0 aliphatic carbocycles. The monoisotopic (exact) mass is 353 g/mol. The van der Waals surface area contributed by atoms with Gasteiger partial charge in [-0.15, -0.1) is 0 Å². The molecule has 3 rings (SSSR count). The lowest BCUT2D eigenvalue weighted by Crippen LogP contribution is -2.48. The van der Waals surface area contributed by atoms with Crippen molar-refractivity contribution >= 4 is 5.91 Å². The Morgan fingerprint density at radius 2 is 1.77 bits per heavy atom. The van der Waals surface area contributed by atoms with Crippen molar-refractivity contribution < 1.29 is 14.3 Å². The van der Waals surface area contributed by atoms with Gasteiger partial charge in [-0.1, -0.05) is 49.4 Å². The molecule has 1 aliphatic heterocycles. The fourth-order valence-corrected chi connectivity index (χ4v) is 3.68. The van der Waals surface area contributed by atoms with E-state index in [9.17, 15) is 4.79 Å². The van der Waals surface area contributed by atoms with Crippen LogP contribution in [0.4, 0.5) is 0 Å².